The number of hydrogen-bond acceptors (Lipinski definition) is 6. The molecular weight excluding hydrogens is 294 g/mol. The molecule has 1 aromatic carbocycles. The van der Waals surface area contributed by atoms with Crippen LogP contribution in [0.4, 0.5) is 5.69 Å². The fraction of sp³-hybridized carbons (Fsp3) is 0.385. The number of anilines is 1. The molecule has 8 heteroatoms. The topological polar surface area (TPSA) is 107 Å². The average Bonchev–Trinajstić information content (AvgIpc) is 2.86. The van der Waals surface area contributed by atoms with Gasteiger partial charge in [0.25, 0.3) is 5.22 Å². The van der Waals surface area contributed by atoms with Gasteiger partial charge in [0, 0.05) is 25.9 Å². The van der Waals surface area contributed by atoms with Gasteiger partial charge >= 0.3 is 0 Å². The van der Waals surface area contributed by atoms with Crippen molar-refractivity contribution < 1.29 is 18.2 Å². The lowest BCUT2D eigenvalue weighted by Crippen LogP contribution is -2.29. The van der Waals surface area contributed by atoms with Gasteiger partial charge in [-0.05, 0) is 24.6 Å². The molecule has 0 saturated carbocycles. The van der Waals surface area contributed by atoms with Crippen LogP contribution >= 0.6 is 0 Å². The van der Waals surface area contributed by atoms with E-state index < -0.39 is 10.8 Å². The first-order valence-corrected chi connectivity index (χ1v) is 7.72. The number of benzene rings is 1. The van der Waals surface area contributed by atoms with E-state index in [2.05, 4.69) is 10.3 Å². The third-order valence-electron chi connectivity index (χ3n) is 2.70. The van der Waals surface area contributed by atoms with Crippen LogP contribution in [0.15, 0.2) is 27.8 Å². The fourth-order valence-corrected chi connectivity index (χ4v) is 2.54. The van der Waals surface area contributed by atoms with Gasteiger partial charge in [0.05, 0.1) is 0 Å². The molecule has 0 aliphatic rings. The van der Waals surface area contributed by atoms with Gasteiger partial charge in [0.2, 0.25) is 5.91 Å². The van der Waals surface area contributed by atoms with Gasteiger partial charge in [-0.15, -0.1) is 0 Å². The number of nitrogens with zero attached hydrogens (tertiary/aromatic N) is 1. The van der Waals surface area contributed by atoms with Crippen molar-refractivity contribution in [3.05, 3.63) is 18.2 Å². The first-order chi connectivity index (χ1) is 10.1. The van der Waals surface area contributed by atoms with Crippen LogP contribution < -0.4 is 11.1 Å². The maximum atomic E-state index is 12.0. The van der Waals surface area contributed by atoms with E-state index in [9.17, 15) is 9.00 Å². The quantitative estimate of drug-likeness (QED) is 0.575. The zero-order valence-electron chi connectivity index (χ0n) is 11.6. The van der Waals surface area contributed by atoms with Crippen LogP contribution in [0.3, 0.4) is 0 Å². The van der Waals surface area contributed by atoms with E-state index in [-0.39, 0.29) is 16.9 Å². The van der Waals surface area contributed by atoms with Crippen LogP contribution in [0, 0.1) is 0 Å². The Morgan fingerprint density at radius 2 is 2.33 bits per heavy atom. The molecule has 0 radical (unpaired) electrons. The van der Waals surface area contributed by atoms with Crippen molar-refractivity contribution in [2.45, 2.75) is 11.6 Å². The minimum absolute atomic E-state index is 0.0302. The van der Waals surface area contributed by atoms with Crippen LogP contribution in [0.2, 0.25) is 0 Å². The SMILES string of the molecule is COCCCNC(=O)CS(=O)c1nc2cc(N)ccc2o1. The monoisotopic (exact) mass is 311 g/mol. The van der Waals surface area contributed by atoms with Gasteiger partial charge in [0.1, 0.15) is 22.1 Å². The molecule has 0 spiro atoms. The highest BCUT2D eigenvalue weighted by Crippen LogP contribution is 2.20. The second-order valence-corrected chi connectivity index (χ2v) is 5.72. The van der Waals surface area contributed by atoms with Crippen molar-refractivity contribution in [3.8, 4) is 0 Å². The number of rotatable bonds is 7. The minimum Gasteiger partial charge on any atom is -0.430 e. The second kappa shape index (κ2) is 7.19. The summed E-state index contributed by atoms with van der Waals surface area (Å²) in [5.74, 6) is -0.499. The number of nitrogens with two attached hydrogens (primary N) is 1. The molecular formula is C13H17N3O4S. The van der Waals surface area contributed by atoms with Crippen LogP contribution in [0.5, 0.6) is 0 Å². The van der Waals surface area contributed by atoms with E-state index in [4.69, 9.17) is 14.9 Å². The molecule has 21 heavy (non-hydrogen) atoms. The smallest absolute Gasteiger partial charge is 0.288 e. The molecule has 1 heterocycles. The predicted octanol–water partition coefficient (Wildman–Crippen LogP) is 0.670. The van der Waals surface area contributed by atoms with E-state index in [0.717, 1.165) is 0 Å². The summed E-state index contributed by atoms with van der Waals surface area (Å²) in [7, 11) is -0.0277. The van der Waals surface area contributed by atoms with E-state index in [1.807, 2.05) is 0 Å². The lowest BCUT2D eigenvalue weighted by Gasteiger charge is -2.03. The minimum atomic E-state index is -1.62. The first-order valence-electron chi connectivity index (χ1n) is 6.40. The zero-order valence-corrected chi connectivity index (χ0v) is 12.4. The van der Waals surface area contributed by atoms with Crippen LogP contribution in [-0.2, 0) is 20.3 Å². The summed E-state index contributed by atoms with van der Waals surface area (Å²) in [4.78, 5) is 15.7. The Hall–Kier alpha value is -1.93. The van der Waals surface area contributed by atoms with Crippen LogP contribution in [0.25, 0.3) is 11.1 Å². The molecule has 2 rings (SSSR count). The summed E-state index contributed by atoms with van der Waals surface area (Å²) in [5.41, 5.74) is 7.20. The number of nitrogen functional groups attached to an aromatic ring is 1. The molecule has 0 bridgehead atoms. The molecule has 0 aliphatic carbocycles. The zero-order chi connectivity index (χ0) is 15.2. The Balaban J connectivity index is 1.94. The Morgan fingerprint density at radius 1 is 1.52 bits per heavy atom. The normalized spacial score (nSPS) is 12.4. The number of hydrogen-bond donors (Lipinski definition) is 2. The number of carbonyl (C=O) groups excluding carboxylic acids is 1. The van der Waals surface area contributed by atoms with Crippen molar-refractivity contribution in [1.82, 2.24) is 10.3 Å². The molecule has 1 aromatic heterocycles. The molecule has 1 unspecified atom stereocenters. The number of methoxy groups -OCH3 is 1. The van der Waals surface area contributed by atoms with Crippen molar-refractivity contribution in [3.63, 3.8) is 0 Å². The summed E-state index contributed by atoms with van der Waals surface area (Å²) >= 11 is 0. The van der Waals surface area contributed by atoms with Gasteiger partial charge in [-0.1, -0.05) is 0 Å². The molecule has 7 nitrogen and oxygen atoms in total. The maximum absolute atomic E-state index is 12.0. The van der Waals surface area contributed by atoms with Gasteiger partial charge in [0.15, 0.2) is 5.58 Å². The molecule has 0 aliphatic heterocycles. The second-order valence-electron chi connectivity index (χ2n) is 4.39. The third-order valence-corrected chi connectivity index (χ3v) is 3.78. The first kappa shape index (κ1) is 15.5. The number of fused-ring (bicyclic) bond motifs is 1. The number of nitrogens with one attached hydrogen (secondary N) is 1. The molecule has 114 valence electrons. The van der Waals surface area contributed by atoms with E-state index in [0.29, 0.717) is 36.4 Å². The lowest BCUT2D eigenvalue weighted by atomic mass is 10.3. The Bertz CT molecular complexity index is 656. The third kappa shape index (κ3) is 4.27. The van der Waals surface area contributed by atoms with Gasteiger partial charge < -0.3 is 20.2 Å². The molecule has 0 fully saturated rings. The number of aromatic nitrogens is 1. The van der Waals surface area contributed by atoms with E-state index in [1.54, 1.807) is 25.3 Å². The van der Waals surface area contributed by atoms with Gasteiger partial charge in [-0.25, -0.2) is 9.19 Å². The van der Waals surface area contributed by atoms with E-state index >= 15 is 0 Å². The molecule has 2 aromatic rings. The standard InChI is InChI=1S/C13H17N3O4S/c1-19-6-2-5-15-12(17)8-21(18)13-16-10-7-9(14)3-4-11(10)20-13/h3-4,7H,2,5-6,8,14H2,1H3,(H,15,17). The highest BCUT2D eigenvalue weighted by Gasteiger charge is 2.16. The fourth-order valence-electron chi connectivity index (χ4n) is 1.70. The van der Waals surface area contributed by atoms with E-state index in [1.165, 1.54) is 0 Å². The van der Waals surface area contributed by atoms with Crippen molar-refractivity contribution >= 4 is 33.5 Å². The van der Waals surface area contributed by atoms with Crippen LogP contribution in [-0.4, -0.2) is 41.1 Å². The summed E-state index contributed by atoms with van der Waals surface area (Å²) in [6.07, 6.45) is 0.705. The maximum Gasteiger partial charge on any atom is 0.288 e. The Labute approximate surface area is 124 Å². The number of amides is 1. The number of ether oxygens (including phenoxy) is 1. The van der Waals surface area contributed by atoms with Crippen LogP contribution in [0.1, 0.15) is 6.42 Å². The Kier molecular flexibility index (Phi) is 5.29. The Morgan fingerprint density at radius 3 is 3.10 bits per heavy atom. The number of oxazole rings is 1. The summed E-state index contributed by atoms with van der Waals surface area (Å²) in [5, 5.41) is 2.69. The average molecular weight is 311 g/mol. The highest BCUT2D eigenvalue weighted by molar-refractivity contribution is 7.85. The molecule has 3 N–H and O–H groups in total. The van der Waals surface area contributed by atoms with Crippen molar-refractivity contribution in [2.75, 3.05) is 31.7 Å². The van der Waals surface area contributed by atoms with Crippen molar-refractivity contribution in [1.29, 1.82) is 0 Å². The predicted molar refractivity (Wildman–Crippen MR) is 79.2 cm³/mol. The molecule has 0 saturated heterocycles. The summed E-state index contributed by atoms with van der Waals surface area (Å²) < 4.78 is 22.3. The lowest BCUT2D eigenvalue weighted by molar-refractivity contribution is -0.118. The van der Waals surface area contributed by atoms with Gasteiger partial charge in [-0.2, -0.15) is 0 Å². The molecule has 1 atom stereocenters. The van der Waals surface area contributed by atoms with Crippen molar-refractivity contribution in [2.24, 2.45) is 0 Å². The molecule has 1 amide bonds. The van der Waals surface area contributed by atoms with Gasteiger partial charge in [-0.3, -0.25) is 4.79 Å². The number of carbonyl (C=O) groups is 1. The largest absolute Gasteiger partial charge is 0.430 e. The summed E-state index contributed by atoms with van der Waals surface area (Å²) in [6, 6.07) is 4.95. The highest BCUT2D eigenvalue weighted by atomic mass is 32.2. The summed E-state index contributed by atoms with van der Waals surface area (Å²) in [6.45, 7) is 1.05.